The standard InChI is InChI=1S/C23H32N4O2/c1-4-5-14-27(23(29)21-17-24-19(3)16-25-21)15-13-22(28)26-18(2)11-12-20-9-7-6-8-10-20/h6-10,16-18H,4-5,11-15H2,1-3H3,(H,26,28). The molecule has 1 aromatic carbocycles. The number of nitrogens with zero attached hydrogens (tertiary/aromatic N) is 3. The Morgan fingerprint density at radius 1 is 1.10 bits per heavy atom. The Bertz CT molecular complexity index is 762. The van der Waals surface area contributed by atoms with E-state index < -0.39 is 0 Å². The van der Waals surface area contributed by atoms with Gasteiger partial charge in [0.15, 0.2) is 0 Å². The van der Waals surface area contributed by atoms with E-state index in [1.54, 1.807) is 11.1 Å². The monoisotopic (exact) mass is 396 g/mol. The molecule has 0 saturated heterocycles. The Labute approximate surface area is 173 Å². The molecule has 0 radical (unpaired) electrons. The van der Waals surface area contributed by atoms with Crippen LogP contribution in [0.15, 0.2) is 42.7 Å². The van der Waals surface area contributed by atoms with Gasteiger partial charge in [-0.1, -0.05) is 43.7 Å². The zero-order chi connectivity index (χ0) is 21.1. The van der Waals surface area contributed by atoms with Gasteiger partial charge in [-0.3, -0.25) is 14.6 Å². The summed E-state index contributed by atoms with van der Waals surface area (Å²) in [6, 6.07) is 10.3. The second kappa shape index (κ2) is 11.9. The summed E-state index contributed by atoms with van der Waals surface area (Å²) in [5, 5.41) is 3.04. The minimum absolute atomic E-state index is 0.0325. The first kappa shape index (κ1) is 22.5. The molecule has 0 saturated carbocycles. The summed E-state index contributed by atoms with van der Waals surface area (Å²) >= 11 is 0. The number of benzene rings is 1. The van der Waals surface area contributed by atoms with E-state index in [9.17, 15) is 9.59 Å². The number of hydrogen-bond acceptors (Lipinski definition) is 4. The molecule has 0 bridgehead atoms. The molecule has 1 heterocycles. The molecule has 1 N–H and O–H groups in total. The van der Waals surface area contributed by atoms with Crippen molar-refractivity contribution in [3.63, 3.8) is 0 Å². The van der Waals surface area contributed by atoms with Crippen LogP contribution in [0.4, 0.5) is 0 Å². The minimum atomic E-state index is -0.170. The molecule has 1 aromatic heterocycles. The fraction of sp³-hybridized carbons (Fsp3) is 0.478. The lowest BCUT2D eigenvalue weighted by molar-refractivity contribution is -0.121. The largest absolute Gasteiger partial charge is 0.354 e. The van der Waals surface area contributed by atoms with Crippen LogP contribution < -0.4 is 5.32 Å². The van der Waals surface area contributed by atoms with Crippen LogP contribution in [0.3, 0.4) is 0 Å². The Kier molecular flexibility index (Phi) is 9.28. The highest BCUT2D eigenvalue weighted by Gasteiger charge is 2.18. The maximum Gasteiger partial charge on any atom is 0.274 e. The van der Waals surface area contributed by atoms with Crippen LogP contribution in [0.2, 0.25) is 0 Å². The topological polar surface area (TPSA) is 75.2 Å². The van der Waals surface area contributed by atoms with Crippen LogP contribution in [0.1, 0.15) is 61.3 Å². The molecular weight excluding hydrogens is 364 g/mol. The Morgan fingerprint density at radius 3 is 2.52 bits per heavy atom. The predicted octanol–water partition coefficient (Wildman–Crippen LogP) is 3.55. The first-order valence-corrected chi connectivity index (χ1v) is 10.4. The van der Waals surface area contributed by atoms with Gasteiger partial charge >= 0.3 is 0 Å². The van der Waals surface area contributed by atoms with E-state index in [-0.39, 0.29) is 24.3 Å². The molecule has 0 spiro atoms. The quantitative estimate of drug-likeness (QED) is 0.630. The molecule has 0 fully saturated rings. The van der Waals surface area contributed by atoms with E-state index in [0.29, 0.717) is 18.8 Å². The second-order valence-corrected chi connectivity index (χ2v) is 7.43. The van der Waals surface area contributed by atoms with Crippen LogP contribution in [0.25, 0.3) is 0 Å². The van der Waals surface area contributed by atoms with Gasteiger partial charge in [0.1, 0.15) is 5.69 Å². The van der Waals surface area contributed by atoms with Gasteiger partial charge in [-0.15, -0.1) is 0 Å². The smallest absolute Gasteiger partial charge is 0.274 e. The summed E-state index contributed by atoms with van der Waals surface area (Å²) < 4.78 is 0. The fourth-order valence-corrected chi connectivity index (χ4v) is 3.01. The van der Waals surface area contributed by atoms with E-state index in [0.717, 1.165) is 31.4 Å². The minimum Gasteiger partial charge on any atom is -0.354 e. The average molecular weight is 397 g/mol. The molecule has 2 aromatic rings. The maximum absolute atomic E-state index is 12.7. The number of carbonyl (C=O) groups is 2. The predicted molar refractivity (Wildman–Crippen MR) is 115 cm³/mol. The highest BCUT2D eigenvalue weighted by atomic mass is 16.2. The number of carbonyl (C=O) groups excluding carboxylic acids is 2. The Hall–Kier alpha value is -2.76. The number of aryl methyl sites for hydroxylation is 2. The van der Waals surface area contributed by atoms with Crippen molar-refractivity contribution < 1.29 is 9.59 Å². The van der Waals surface area contributed by atoms with E-state index in [2.05, 4.69) is 34.3 Å². The first-order valence-electron chi connectivity index (χ1n) is 10.4. The molecule has 29 heavy (non-hydrogen) atoms. The van der Waals surface area contributed by atoms with Gasteiger partial charge in [0, 0.05) is 31.7 Å². The van der Waals surface area contributed by atoms with Crippen LogP contribution in [0.5, 0.6) is 0 Å². The van der Waals surface area contributed by atoms with E-state index >= 15 is 0 Å². The first-order chi connectivity index (χ1) is 14.0. The zero-order valence-corrected chi connectivity index (χ0v) is 17.7. The highest BCUT2D eigenvalue weighted by molar-refractivity contribution is 5.92. The van der Waals surface area contributed by atoms with Crippen molar-refractivity contribution in [1.29, 1.82) is 0 Å². The molecule has 2 amide bonds. The molecular formula is C23H32N4O2. The van der Waals surface area contributed by atoms with Crippen molar-refractivity contribution >= 4 is 11.8 Å². The van der Waals surface area contributed by atoms with Crippen molar-refractivity contribution in [2.24, 2.45) is 0 Å². The van der Waals surface area contributed by atoms with Crippen LogP contribution >= 0.6 is 0 Å². The van der Waals surface area contributed by atoms with E-state index in [1.807, 2.05) is 32.0 Å². The average Bonchev–Trinajstić information content (AvgIpc) is 2.73. The number of amides is 2. The van der Waals surface area contributed by atoms with Crippen molar-refractivity contribution in [2.75, 3.05) is 13.1 Å². The van der Waals surface area contributed by atoms with Gasteiger partial charge in [-0.05, 0) is 38.7 Å². The number of nitrogens with one attached hydrogen (secondary N) is 1. The van der Waals surface area contributed by atoms with Crippen molar-refractivity contribution in [3.05, 3.63) is 59.7 Å². The molecule has 1 unspecified atom stereocenters. The van der Waals surface area contributed by atoms with Crippen LogP contribution in [0, 0.1) is 6.92 Å². The van der Waals surface area contributed by atoms with Gasteiger partial charge in [-0.25, -0.2) is 4.98 Å². The third-order valence-electron chi connectivity index (χ3n) is 4.79. The number of rotatable bonds is 11. The second-order valence-electron chi connectivity index (χ2n) is 7.43. The van der Waals surface area contributed by atoms with E-state index in [1.165, 1.54) is 11.8 Å². The normalized spacial score (nSPS) is 11.7. The SMILES string of the molecule is CCCCN(CCC(=O)NC(C)CCc1ccccc1)C(=O)c1cnc(C)cn1. The van der Waals surface area contributed by atoms with E-state index in [4.69, 9.17) is 0 Å². The summed E-state index contributed by atoms with van der Waals surface area (Å²) in [6.07, 6.45) is 7.05. The zero-order valence-electron chi connectivity index (χ0n) is 17.7. The Morgan fingerprint density at radius 2 is 1.86 bits per heavy atom. The highest BCUT2D eigenvalue weighted by Crippen LogP contribution is 2.07. The lowest BCUT2D eigenvalue weighted by Crippen LogP contribution is -2.38. The molecule has 0 aliphatic heterocycles. The summed E-state index contributed by atoms with van der Waals surface area (Å²) in [6.45, 7) is 6.92. The van der Waals surface area contributed by atoms with Gasteiger partial charge in [0.05, 0.1) is 11.9 Å². The van der Waals surface area contributed by atoms with Gasteiger partial charge in [0.2, 0.25) is 5.91 Å². The lowest BCUT2D eigenvalue weighted by Gasteiger charge is -2.22. The summed E-state index contributed by atoms with van der Waals surface area (Å²) in [5.41, 5.74) is 2.36. The molecule has 6 nitrogen and oxygen atoms in total. The fourth-order valence-electron chi connectivity index (χ4n) is 3.01. The third kappa shape index (κ3) is 8.02. The van der Waals surface area contributed by atoms with Crippen molar-refractivity contribution in [1.82, 2.24) is 20.2 Å². The van der Waals surface area contributed by atoms with Gasteiger partial charge in [-0.2, -0.15) is 0 Å². The number of unbranched alkanes of at least 4 members (excludes halogenated alkanes) is 1. The number of hydrogen-bond donors (Lipinski definition) is 1. The van der Waals surface area contributed by atoms with Crippen molar-refractivity contribution in [3.8, 4) is 0 Å². The Balaban J connectivity index is 1.83. The molecule has 156 valence electrons. The van der Waals surface area contributed by atoms with Gasteiger partial charge in [0.25, 0.3) is 5.91 Å². The molecule has 2 rings (SSSR count). The van der Waals surface area contributed by atoms with Crippen LogP contribution in [-0.2, 0) is 11.2 Å². The molecule has 1 atom stereocenters. The summed E-state index contributed by atoms with van der Waals surface area (Å²) in [7, 11) is 0. The maximum atomic E-state index is 12.7. The molecule has 0 aliphatic carbocycles. The number of aromatic nitrogens is 2. The molecule has 0 aliphatic rings. The van der Waals surface area contributed by atoms with Crippen LogP contribution in [-0.4, -0.2) is 45.8 Å². The summed E-state index contributed by atoms with van der Waals surface area (Å²) in [4.78, 5) is 35.2. The third-order valence-corrected chi connectivity index (χ3v) is 4.79. The lowest BCUT2D eigenvalue weighted by atomic mass is 10.1. The molecule has 6 heteroatoms. The summed E-state index contributed by atoms with van der Waals surface area (Å²) in [5.74, 6) is -0.203. The van der Waals surface area contributed by atoms with Crippen molar-refractivity contribution in [2.45, 2.75) is 58.9 Å². The van der Waals surface area contributed by atoms with Gasteiger partial charge < -0.3 is 10.2 Å².